The second-order valence-corrected chi connectivity index (χ2v) is 3.93. The monoisotopic (exact) mass is 247 g/mol. The van der Waals surface area contributed by atoms with Crippen LogP contribution in [0.5, 0.6) is 0 Å². The fourth-order valence-electron chi connectivity index (χ4n) is 1.65. The predicted octanol–water partition coefficient (Wildman–Crippen LogP) is 1.14. The van der Waals surface area contributed by atoms with Gasteiger partial charge in [0.15, 0.2) is 0 Å². The van der Waals surface area contributed by atoms with Crippen LogP contribution in [-0.4, -0.2) is 30.2 Å². The van der Waals surface area contributed by atoms with Crippen LogP contribution in [0.2, 0.25) is 0 Å². The minimum atomic E-state index is -0.0347. The minimum absolute atomic E-state index is 0.0347. The summed E-state index contributed by atoms with van der Waals surface area (Å²) in [5.41, 5.74) is 12.7. The van der Waals surface area contributed by atoms with E-state index in [-0.39, 0.29) is 5.96 Å². The van der Waals surface area contributed by atoms with Gasteiger partial charge < -0.3 is 11.5 Å². The number of hydrogen-bond donors (Lipinski definition) is 2. The maximum absolute atomic E-state index is 5.22. The second-order valence-electron chi connectivity index (χ2n) is 3.93. The second kappa shape index (κ2) is 7.45. The summed E-state index contributed by atoms with van der Waals surface area (Å²) in [6.45, 7) is 7.25. The van der Waals surface area contributed by atoms with Crippen LogP contribution in [0.3, 0.4) is 0 Å². The van der Waals surface area contributed by atoms with Crippen LogP contribution in [-0.2, 0) is 6.54 Å². The van der Waals surface area contributed by atoms with E-state index in [1.165, 1.54) is 5.56 Å². The van der Waals surface area contributed by atoms with Gasteiger partial charge >= 0.3 is 0 Å². The van der Waals surface area contributed by atoms with Gasteiger partial charge in [-0.25, -0.2) is 0 Å². The first kappa shape index (κ1) is 14.2. The average Bonchev–Trinajstić information content (AvgIpc) is 2.37. The van der Waals surface area contributed by atoms with Crippen molar-refractivity contribution in [1.82, 2.24) is 4.90 Å². The van der Waals surface area contributed by atoms with Crippen LogP contribution in [0, 0.1) is 0 Å². The highest BCUT2D eigenvalue weighted by molar-refractivity contribution is 5.83. The van der Waals surface area contributed by atoms with Crippen molar-refractivity contribution in [2.24, 2.45) is 21.7 Å². The molecule has 18 heavy (non-hydrogen) atoms. The Balaban J connectivity index is 2.85. The molecule has 0 fully saturated rings. The molecular formula is C13H21N5. The largest absolute Gasteiger partial charge is 0.369 e. The average molecular weight is 247 g/mol. The van der Waals surface area contributed by atoms with Crippen LogP contribution in [0.4, 0.5) is 0 Å². The maximum atomic E-state index is 5.22. The van der Waals surface area contributed by atoms with E-state index >= 15 is 0 Å². The first-order valence-corrected chi connectivity index (χ1v) is 6.09. The number of nitrogens with zero attached hydrogens (tertiary/aromatic N) is 3. The molecule has 0 amide bonds. The zero-order chi connectivity index (χ0) is 13.4. The highest BCUT2D eigenvalue weighted by Gasteiger charge is 2.04. The lowest BCUT2D eigenvalue weighted by Crippen LogP contribution is -2.23. The highest BCUT2D eigenvalue weighted by Crippen LogP contribution is 2.09. The topological polar surface area (TPSA) is 80.0 Å². The van der Waals surface area contributed by atoms with Crippen molar-refractivity contribution in [3.63, 3.8) is 0 Å². The summed E-state index contributed by atoms with van der Waals surface area (Å²) >= 11 is 0. The molecule has 0 aromatic heterocycles. The summed E-state index contributed by atoms with van der Waals surface area (Å²) in [5.74, 6) is -0.0347. The molecule has 5 heteroatoms. The van der Waals surface area contributed by atoms with E-state index in [1.807, 2.05) is 18.2 Å². The normalized spacial score (nSPS) is 11.1. The summed E-state index contributed by atoms with van der Waals surface area (Å²) in [4.78, 5) is 2.34. The van der Waals surface area contributed by atoms with Gasteiger partial charge in [-0.15, -0.1) is 5.10 Å². The van der Waals surface area contributed by atoms with Crippen LogP contribution >= 0.6 is 0 Å². The molecule has 0 aliphatic heterocycles. The third-order valence-electron chi connectivity index (χ3n) is 2.71. The third-order valence-corrected chi connectivity index (χ3v) is 2.71. The van der Waals surface area contributed by atoms with Crippen molar-refractivity contribution < 1.29 is 0 Å². The predicted molar refractivity (Wildman–Crippen MR) is 76.5 cm³/mol. The summed E-state index contributed by atoms with van der Waals surface area (Å²) in [5, 5.41) is 7.46. The summed E-state index contributed by atoms with van der Waals surface area (Å²) in [6.07, 6.45) is 1.68. The molecule has 0 unspecified atom stereocenters. The van der Waals surface area contributed by atoms with Gasteiger partial charge in [0.1, 0.15) is 0 Å². The molecule has 0 aliphatic rings. The van der Waals surface area contributed by atoms with Crippen molar-refractivity contribution in [3.8, 4) is 0 Å². The quantitative estimate of drug-likeness (QED) is 0.449. The smallest absolute Gasteiger partial charge is 0.211 e. The Bertz CT molecular complexity index is 417. The van der Waals surface area contributed by atoms with E-state index in [9.17, 15) is 0 Å². The van der Waals surface area contributed by atoms with Gasteiger partial charge in [0, 0.05) is 6.54 Å². The molecule has 0 saturated heterocycles. The lowest BCUT2D eigenvalue weighted by molar-refractivity contribution is 0.296. The van der Waals surface area contributed by atoms with E-state index in [0.717, 1.165) is 25.2 Å². The van der Waals surface area contributed by atoms with E-state index in [1.54, 1.807) is 6.21 Å². The Labute approximate surface area is 108 Å². The lowest BCUT2D eigenvalue weighted by atomic mass is 10.1. The molecule has 0 heterocycles. The Morgan fingerprint density at radius 2 is 1.89 bits per heavy atom. The molecular weight excluding hydrogens is 226 g/mol. The minimum Gasteiger partial charge on any atom is -0.369 e. The number of nitrogens with two attached hydrogens (primary N) is 2. The van der Waals surface area contributed by atoms with Gasteiger partial charge in [-0.1, -0.05) is 38.1 Å². The molecule has 1 aromatic carbocycles. The Hall–Kier alpha value is -1.88. The van der Waals surface area contributed by atoms with Gasteiger partial charge in [0.25, 0.3) is 0 Å². The fourth-order valence-corrected chi connectivity index (χ4v) is 1.65. The SMILES string of the molecule is CCN(CC)Cc1ccccc1C=NN=C(N)N. The zero-order valence-corrected chi connectivity index (χ0v) is 11.0. The van der Waals surface area contributed by atoms with Gasteiger partial charge in [0.05, 0.1) is 6.21 Å². The van der Waals surface area contributed by atoms with Crippen molar-refractivity contribution >= 4 is 12.2 Å². The molecule has 0 bridgehead atoms. The van der Waals surface area contributed by atoms with E-state index in [4.69, 9.17) is 11.5 Å². The third kappa shape index (κ3) is 4.55. The standard InChI is InChI=1S/C13H21N5/c1-3-18(4-2)10-12-8-6-5-7-11(12)9-16-17-13(14)15/h5-9H,3-4,10H2,1-2H3,(H4,14,15,17). The summed E-state index contributed by atoms with van der Waals surface area (Å²) in [6, 6.07) is 8.10. The molecule has 4 N–H and O–H groups in total. The Morgan fingerprint density at radius 3 is 2.50 bits per heavy atom. The number of benzene rings is 1. The first-order valence-electron chi connectivity index (χ1n) is 6.09. The zero-order valence-electron chi connectivity index (χ0n) is 11.0. The molecule has 0 spiro atoms. The van der Waals surface area contributed by atoms with E-state index in [0.29, 0.717) is 0 Å². The maximum Gasteiger partial charge on any atom is 0.211 e. The van der Waals surface area contributed by atoms with Gasteiger partial charge in [-0.3, -0.25) is 4.90 Å². The molecule has 1 rings (SSSR count). The fraction of sp³-hybridized carbons (Fsp3) is 0.385. The summed E-state index contributed by atoms with van der Waals surface area (Å²) < 4.78 is 0. The number of hydrogen-bond acceptors (Lipinski definition) is 3. The van der Waals surface area contributed by atoms with E-state index < -0.39 is 0 Å². The van der Waals surface area contributed by atoms with Crippen LogP contribution in [0.15, 0.2) is 34.5 Å². The van der Waals surface area contributed by atoms with Gasteiger partial charge in [-0.05, 0) is 24.2 Å². The van der Waals surface area contributed by atoms with Gasteiger partial charge in [0.2, 0.25) is 5.96 Å². The molecule has 0 saturated carbocycles. The molecule has 98 valence electrons. The highest BCUT2D eigenvalue weighted by atomic mass is 15.3. The molecule has 0 radical (unpaired) electrons. The molecule has 0 atom stereocenters. The van der Waals surface area contributed by atoms with Crippen molar-refractivity contribution in [2.75, 3.05) is 13.1 Å². The van der Waals surface area contributed by atoms with Crippen molar-refractivity contribution in [2.45, 2.75) is 20.4 Å². The first-order chi connectivity index (χ1) is 8.67. The Morgan fingerprint density at radius 1 is 1.22 bits per heavy atom. The lowest BCUT2D eigenvalue weighted by Gasteiger charge is -2.19. The van der Waals surface area contributed by atoms with Crippen LogP contribution < -0.4 is 11.5 Å². The van der Waals surface area contributed by atoms with Gasteiger partial charge in [-0.2, -0.15) is 5.10 Å². The number of guanidine groups is 1. The van der Waals surface area contributed by atoms with Crippen LogP contribution in [0.1, 0.15) is 25.0 Å². The van der Waals surface area contributed by atoms with Crippen LogP contribution in [0.25, 0.3) is 0 Å². The number of rotatable bonds is 6. The van der Waals surface area contributed by atoms with E-state index in [2.05, 4.69) is 35.0 Å². The molecule has 5 nitrogen and oxygen atoms in total. The Kier molecular flexibility index (Phi) is 5.87. The van der Waals surface area contributed by atoms with Crippen molar-refractivity contribution in [1.29, 1.82) is 0 Å². The summed E-state index contributed by atoms with van der Waals surface area (Å²) in [7, 11) is 0. The molecule has 1 aromatic rings. The molecule has 0 aliphatic carbocycles. The van der Waals surface area contributed by atoms with Crippen molar-refractivity contribution in [3.05, 3.63) is 35.4 Å².